The van der Waals surface area contributed by atoms with Crippen LogP contribution in [0.15, 0.2) is 17.0 Å². The number of sulfonamides is 1. The predicted molar refractivity (Wildman–Crippen MR) is 74.1 cm³/mol. The Morgan fingerprint density at radius 2 is 1.95 bits per heavy atom. The number of β-amino-alcohol motifs (C(OH)–C–C–N with tert-alkyl or cyclic N) is 1. The minimum Gasteiger partial charge on any atom is -0.399 e. The minimum absolute atomic E-state index is 0.0275. The van der Waals surface area contributed by atoms with E-state index in [4.69, 9.17) is 5.73 Å². The van der Waals surface area contributed by atoms with Crippen LogP contribution in [0.4, 0.5) is 10.1 Å². The van der Waals surface area contributed by atoms with Gasteiger partial charge >= 0.3 is 0 Å². The molecule has 1 fully saturated rings. The molecule has 0 atom stereocenters. The maximum absolute atomic E-state index is 14.0. The molecule has 0 spiro atoms. The lowest BCUT2D eigenvalue weighted by atomic mass is 9.85. The maximum Gasteiger partial charge on any atom is 0.246 e. The van der Waals surface area contributed by atoms with E-state index in [0.29, 0.717) is 0 Å². The zero-order chi connectivity index (χ0) is 15.3. The molecule has 20 heavy (non-hydrogen) atoms. The Balaban J connectivity index is 2.35. The molecule has 0 amide bonds. The minimum atomic E-state index is -3.96. The van der Waals surface area contributed by atoms with Gasteiger partial charge in [-0.05, 0) is 30.5 Å². The van der Waals surface area contributed by atoms with E-state index in [1.807, 2.05) is 13.8 Å². The molecule has 3 N–H and O–H groups in total. The monoisotopic (exact) mass is 302 g/mol. The molecule has 1 saturated heterocycles. The summed E-state index contributed by atoms with van der Waals surface area (Å²) in [5.41, 5.74) is 4.92. The highest BCUT2D eigenvalue weighted by Gasteiger charge is 2.49. The summed E-state index contributed by atoms with van der Waals surface area (Å²) < 4.78 is 39.8. The Hall–Kier alpha value is -1.18. The van der Waals surface area contributed by atoms with Gasteiger partial charge in [0, 0.05) is 18.8 Å². The van der Waals surface area contributed by atoms with Gasteiger partial charge in [0.2, 0.25) is 10.0 Å². The predicted octanol–water partition coefficient (Wildman–Crippen LogP) is 1.11. The summed E-state index contributed by atoms with van der Waals surface area (Å²) in [6.07, 6.45) is 0. The fourth-order valence-corrected chi connectivity index (χ4v) is 3.93. The number of aryl methyl sites for hydroxylation is 1. The van der Waals surface area contributed by atoms with Crippen LogP contribution >= 0.6 is 0 Å². The van der Waals surface area contributed by atoms with E-state index < -0.39 is 26.3 Å². The molecular formula is C13H19FN2O3S. The number of nitrogens with two attached hydrogens (primary N) is 1. The number of benzene rings is 1. The highest BCUT2D eigenvalue weighted by molar-refractivity contribution is 7.89. The number of aliphatic hydroxyl groups is 1. The van der Waals surface area contributed by atoms with Crippen molar-refractivity contribution in [2.24, 2.45) is 5.92 Å². The zero-order valence-electron chi connectivity index (χ0n) is 11.7. The molecule has 1 aromatic rings. The summed E-state index contributed by atoms with van der Waals surface area (Å²) in [6.45, 7) is 5.04. The quantitative estimate of drug-likeness (QED) is 0.819. The lowest BCUT2D eigenvalue weighted by Gasteiger charge is -2.47. The standard InChI is InChI=1S/C13H19FN2O3S/c1-8(2)13(17)6-16(7-13)20(18,19)11-5-10(15)4-9(3)12(11)14/h4-5,8,17H,6-7,15H2,1-3H3. The normalized spacial score (nSPS) is 19.1. The van der Waals surface area contributed by atoms with E-state index in [0.717, 1.165) is 10.4 Å². The van der Waals surface area contributed by atoms with Crippen LogP contribution in [0.3, 0.4) is 0 Å². The van der Waals surface area contributed by atoms with Crippen molar-refractivity contribution in [1.82, 2.24) is 4.31 Å². The van der Waals surface area contributed by atoms with Gasteiger partial charge in [-0.15, -0.1) is 0 Å². The number of rotatable bonds is 3. The third kappa shape index (κ3) is 2.30. The molecule has 5 nitrogen and oxygen atoms in total. The smallest absolute Gasteiger partial charge is 0.246 e. The molecule has 1 aromatic carbocycles. The van der Waals surface area contributed by atoms with Crippen molar-refractivity contribution in [3.8, 4) is 0 Å². The summed E-state index contributed by atoms with van der Waals surface area (Å²) in [5, 5.41) is 10.1. The first-order valence-electron chi connectivity index (χ1n) is 6.36. The van der Waals surface area contributed by atoms with Gasteiger partial charge in [-0.3, -0.25) is 0 Å². The van der Waals surface area contributed by atoms with Gasteiger partial charge < -0.3 is 10.8 Å². The number of hydrogen-bond donors (Lipinski definition) is 2. The number of hydrogen-bond acceptors (Lipinski definition) is 4. The van der Waals surface area contributed by atoms with Crippen molar-refractivity contribution < 1.29 is 17.9 Å². The van der Waals surface area contributed by atoms with Gasteiger partial charge in [-0.25, -0.2) is 12.8 Å². The van der Waals surface area contributed by atoms with E-state index in [1.165, 1.54) is 13.0 Å². The van der Waals surface area contributed by atoms with E-state index in [9.17, 15) is 17.9 Å². The topological polar surface area (TPSA) is 83.6 Å². The number of anilines is 1. The van der Waals surface area contributed by atoms with Crippen molar-refractivity contribution in [3.05, 3.63) is 23.5 Å². The molecule has 0 radical (unpaired) electrons. The molecule has 0 bridgehead atoms. The molecule has 2 rings (SSSR count). The average molecular weight is 302 g/mol. The second-order valence-electron chi connectivity index (χ2n) is 5.68. The molecule has 0 aliphatic carbocycles. The number of nitrogens with zero attached hydrogens (tertiary/aromatic N) is 1. The average Bonchev–Trinajstić information content (AvgIpc) is 2.29. The summed E-state index contributed by atoms with van der Waals surface area (Å²) in [7, 11) is -3.96. The van der Waals surface area contributed by atoms with Crippen LogP contribution in [0.1, 0.15) is 19.4 Å². The van der Waals surface area contributed by atoms with E-state index in [2.05, 4.69) is 0 Å². The molecule has 0 unspecified atom stereocenters. The Morgan fingerprint density at radius 3 is 2.45 bits per heavy atom. The fourth-order valence-electron chi connectivity index (χ4n) is 2.19. The van der Waals surface area contributed by atoms with Gasteiger partial charge in [-0.2, -0.15) is 4.31 Å². The molecular weight excluding hydrogens is 283 g/mol. The van der Waals surface area contributed by atoms with Crippen molar-refractivity contribution in [3.63, 3.8) is 0 Å². The van der Waals surface area contributed by atoms with Crippen molar-refractivity contribution >= 4 is 15.7 Å². The maximum atomic E-state index is 14.0. The van der Waals surface area contributed by atoms with Crippen LogP contribution in [0.25, 0.3) is 0 Å². The summed E-state index contributed by atoms with van der Waals surface area (Å²) in [5.74, 6) is -0.861. The van der Waals surface area contributed by atoms with Gasteiger partial charge in [0.15, 0.2) is 0 Å². The van der Waals surface area contributed by atoms with Crippen molar-refractivity contribution in [2.45, 2.75) is 31.3 Å². The first-order valence-corrected chi connectivity index (χ1v) is 7.80. The van der Waals surface area contributed by atoms with Crippen LogP contribution in [0, 0.1) is 18.7 Å². The molecule has 1 heterocycles. The lowest BCUT2D eigenvalue weighted by Crippen LogP contribution is -2.65. The fraction of sp³-hybridized carbons (Fsp3) is 0.538. The SMILES string of the molecule is Cc1cc(N)cc(S(=O)(=O)N2CC(O)(C(C)C)C2)c1F. The van der Waals surface area contributed by atoms with Crippen LogP contribution in [-0.2, 0) is 10.0 Å². The molecule has 112 valence electrons. The summed E-state index contributed by atoms with van der Waals surface area (Å²) in [4.78, 5) is -0.430. The molecule has 0 aromatic heterocycles. The Labute approximate surface area is 118 Å². The molecule has 1 aliphatic heterocycles. The van der Waals surface area contributed by atoms with Crippen molar-refractivity contribution in [1.29, 1.82) is 0 Å². The van der Waals surface area contributed by atoms with Crippen LogP contribution < -0.4 is 5.73 Å². The van der Waals surface area contributed by atoms with Gasteiger partial charge in [0.25, 0.3) is 0 Å². The van der Waals surface area contributed by atoms with Crippen LogP contribution in [0.5, 0.6) is 0 Å². The van der Waals surface area contributed by atoms with Crippen molar-refractivity contribution in [2.75, 3.05) is 18.8 Å². The second-order valence-corrected chi connectivity index (χ2v) is 7.59. The van der Waals surface area contributed by atoms with Crippen LogP contribution in [0.2, 0.25) is 0 Å². The Kier molecular flexibility index (Phi) is 3.56. The van der Waals surface area contributed by atoms with Gasteiger partial charge in [-0.1, -0.05) is 13.8 Å². The second kappa shape index (κ2) is 4.68. The number of halogens is 1. The Morgan fingerprint density at radius 1 is 1.40 bits per heavy atom. The van der Waals surface area contributed by atoms with E-state index in [1.54, 1.807) is 0 Å². The van der Waals surface area contributed by atoms with Gasteiger partial charge in [0.1, 0.15) is 10.7 Å². The first kappa shape index (κ1) is 15.2. The highest BCUT2D eigenvalue weighted by atomic mass is 32.2. The third-order valence-electron chi connectivity index (χ3n) is 3.84. The van der Waals surface area contributed by atoms with Gasteiger partial charge in [0.05, 0.1) is 5.60 Å². The molecule has 1 aliphatic rings. The highest BCUT2D eigenvalue weighted by Crippen LogP contribution is 2.34. The van der Waals surface area contributed by atoms with E-state index >= 15 is 0 Å². The lowest BCUT2D eigenvalue weighted by molar-refractivity contribution is -0.0933. The van der Waals surface area contributed by atoms with Crippen LogP contribution in [-0.4, -0.2) is 36.5 Å². The zero-order valence-corrected chi connectivity index (χ0v) is 12.5. The first-order chi connectivity index (χ1) is 9.08. The summed E-state index contributed by atoms with van der Waals surface area (Å²) in [6, 6.07) is 2.50. The Bertz CT molecular complexity index is 637. The number of nitrogen functional groups attached to an aromatic ring is 1. The molecule has 7 heteroatoms. The summed E-state index contributed by atoms with van der Waals surface area (Å²) >= 11 is 0. The molecule has 0 saturated carbocycles. The largest absolute Gasteiger partial charge is 0.399 e. The van der Waals surface area contributed by atoms with E-state index in [-0.39, 0.29) is 30.3 Å². The third-order valence-corrected chi connectivity index (χ3v) is 5.63.